The first kappa shape index (κ1) is 18.2. The summed E-state index contributed by atoms with van der Waals surface area (Å²) in [6, 6.07) is 25.4. The average molecular weight is 364 g/mol. The molecular formula is C23H22ClNO. The van der Waals surface area contributed by atoms with Crippen molar-refractivity contribution in [3.8, 4) is 0 Å². The van der Waals surface area contributed by atoms with Crippen LogP contribution >= 0.6 is 11.6 Å². The summed E-state index contributed by atoms with van der Waals surface area (Å²) in [4.78, 5) is 12.7. The van der Waals surface area contributed by atoms with Crippen LogP contribution in [-0.2, 0) is 6.42 Å². The number of carbonyl (C=O) groups excluding carboxylic acids is 1. The molecule has 0 aliphatic heterocycles. The van der Waals surface area contributed by atoms with Gasteiger partial charge in [-0.2, -0.15) is 0 Å². The lowest BCUT2D eigenvalue weighted by Gasteiger charge is -2.20. The van der Waals surface area contributed by atoms with E-state index in [0.717, 1.165) is 17.7 Å². The number of halogens is 1. The van der Waals surface area contributed by atoms with Gasteiger partial charge in [0.1, 0.15) is 0 Å². The van der Waals surface area contributed by atoms with E-state index in [1.54, 1.807) is 24.3 Å². The van der Waals surface area contributed by atoms with Crippen molar-refractivity contribution in [1.29, 1.82) is 0 Å². The number of Topliss-reactive ketones (excluding diaryl/α,β-unsaturated/α-hetero) is 1. The first-order valence-corrected chi connectivity index (χ1v) is 9.22. The molecule has 0 saturated heterocycles. The Kier molecular flexibility index (Phi) is 6.08. The summed E-state index contributed by atoms with van der Waals surface area (Å²) < 4.78 is 0. The van der Waals surface area contributed by atoms with Gasteiger partial charge < -0.3 is 5.32 Å². The standard InChI is InChI=1S/C23H22ClNO/c1-2-17-8-14-21(15-9-17)25-22(18-6-4-3-5-7-18)16-23(26)19-10-12-20(24)13-11-19/h3-15,22,25H,2,16H2,1H3. The Morgan fingerprint density at radius 3 is 2.19 bits per heavy atom. The van der Waals surface area contributed by atoms with E-state index in [1.165, 1.54) is 5.56 Å². The molecule has 3 aromatic rings. The monoisotopic (exact) mass is 363 g/mol. The Morgan fingerprint density at radius 2 is 1.58 bits per heavy atom. The normalized spacial score (nSPS) is 11.8. The summed E-state index contributed by atoms with van der Waals surface area (Å²) in [5, 5.41) is 4.15. The smallest absolute Gasteiger partial charge is 0.165 e. The van der Waals surface area contributed by atoms with E-state index in [0.29, 0.717) is 17.0 Å². The molecule has 0 aromatic heterocycles. The Bertz CT molecular complexity index is 842. The molecule has 3 rings (SSSR count). The SMILES string of the molecule is CCc1ccc(NC(CC(=O)c2ccc(Cl)cc2)c2ccccc2)cc1. The van der Waals surface area contributed by atoms with E-state index >= 15 is 0 Å². The zero-order valence-corrected chi connectivity index (χ0v) is 15.5. The van der Waals surface area contributed by atoms with Crippen LogP contribution in [0.15, 0.2) is 78.9 Å². The van der Waals surface area contributed by atoms with Crippen LogP contribution < -0.4 is 5.32 Å². The summed E-state index contributed by atoms with van der Waals surface area (Å²) >= 11 is 5.93. The van der Waals surface area contributed by atoms with Gasteiger partial charge in [-0.15, -0.1) is 0 Å². The van der Waals surface area contributed by atoms with Gasteiger partial charge in [-0.3, -0.25) is 4.79 Å². The highest BCUT2D eigenvalue weighted by Crippen LogP contribution is 2.25. The van der Waals surface area contributed by atoms with E-state index in [9.17, 15) is 4.79 Å². The van der Waals surface area contributed by atoms with Crippen molar-refractivity contribution in [3.63, 3.8) is 0 Å². The molecule has 132 valence electrons. The second-order valence-corrected chi connectivity index (χ2v) is 6.73. The molecule has 0 spiro atoms. The minimum atomic E-state index is -0.0909. The number of nitrogens with one attached hydrogen (secondary N) is 1. The summed E-state index contributed by atoms with van der Waals surface area (Å²) in [6.07, 6.45) is 1.39. The Labute approximate surface area is 159 Å². The number of benzene rings is 3. The van der Waals surface area contributed by atoms with E-state index in [2.05, 4.69) is 36.5 Å². The van der Waals surface area contributed by atoms with Crippen molar-refractivity contribution in [1.82, 2.24) is 0 Å². The first-order chi connectivity index (χ1) is 12.7. The van der Waals surface area contributed by atoms with Crippen LogP contribution in [0.1, 0.15) is 40.9 Å². The summed E-state index contributed by atoms with van der Waals surface area (Å²) in [5.41, 5.74) is 4.08. The number of hydrogen-bond donors (Lipinski definition) is 1. The highest BCUT2D eigenvalue weighted by molar-refractivity contribution is 6.30. The maximum absolute atomic E-state index is 12.7. The van der Waals surface area contributed by atoms with E-state index < -0.39 is 0 Å². The van der Waals surface area contributed by atoms with Gasteiger partial charge in [-0.1, -0.05) is 61.0 Å². The Morgan fingerprint density at radius 1 is 0.923 bits per heavy atom. The number of aryl methyl sites for hydroxylation is 1. The molecule has 0 radical (unpaired) electrons. The lowest BCUT2D eigenvalue weighted by atomic mass is 9.97. The zero-order chi connectivity index (χ0) is 18.4. The summed E-state index contributed by atoms with van der Waals surface area (Å²) in [7, 11) is 0. The quantitative estimate of drug-likeness (QED) is 0.497. The number of rotatable bonds is 7. The van der Waals surface area contributed by atoms with E-state index in [-0.39, 0.29) is 11.8 Å². The second-order valence-electron chi connectivity index (χ2n) is 6.29. The minimum Gasteiger partial charge on any atom is -0.378 e. The van der Waals surface area contributed by atoms with E-state index in [1.807, 2.05) is 30.3 Å². The topological polar surface area (TPSA) is 29.1 Å². The third kappa shape index (κ3) is 4.74. The van der Waals surface area contributed by atoms with Gasteiger partial charge in [0, 0.05) is 22.7 Å². The highest BCUT2D eigenvalue weighted by Gasteiger charge is 2.17. The molecule has 1 atom stereocenters. The molecule has 0 fully saturated rings. The fourth-order valence-corrected chi connectivity index (χ4v) is 3.04. The zero-order valence-electron chi connectivity index (χ0n) is 14.8. The molecular weight excluding hydrogens is 342 g/mol. The third-order valence-corrected chi connectivity index (χ3v) is 4.71. The molecule has 2 nitrogen and oxygen atoms in total. The van der Waals surface area contributed by atoms with Gasteiger partial charge >= 0.3 is 0 Å². The van der Waals surface area contributed by atoms with Crippen LogP contribution in [0, 0.1) is 0 Å². The molecule has 3 aromatic carbocycles. The molecule has 0 aliphatic carbocycles. The number of hydrogen-bond acceptors (Lipinski definition) is 2. The molecule has 26 heavy (non-hydrogen) atoms. The predicted molar refractivity (Wildman–Crippen MR) is 109 cm³/mol. The molecule has 0 heterocycles. The van der Waals surface area contributed by atoms with Crippen molar-refractivity contribution in [2.75, 3.05) is 5.32 Å². The minimum absolute atomic E-state index is 0.0909. The maximum Gasteiger partial charge on any atom is 0.165 e. The highest BCUT2D eigenvalue weighted by atomic mass is 35.5. The van der Waals surface area contributed by atoms with Crippen LogP contribution in [0.3, 0.4) is 0 Å². The van der Waals surface area contributed by atoms with Gasteiger partial charge in [0.05, 0.1) is 6.04 Å². The summed E-state index contributed by atoms with van der Waals surface area (Å²) in [6.45, 7) is 2.14. The van der Waals surface area contributed by atoms with Crippen molar-refractivity contribution in [2.45, 2.75) is 25.8 Å². The molecule has 0 bridgehead atoms. The number of anilines is 1. The van der Waals surface area contributed by atoms with Gasteiger partial charge in [-0.05, 0) is 53.9 Å². The van der Waals surface area contributed by atoms with Crippen LogP contribution in [0.5, 0.6) is 0 Å². The molecule has 3 heteroatoms. The van der Waals surface area contributed by atoms with Gasteiger partial charge in [0.2, 0.25) is 0 Å². The van der Waals surface area contributed by atoms with Crippen molar-refractivity contribution < 1.29 is 4.79 Å². The van der Waals surface area contributed by atoms with Crippen molar-refractivity contribution >= 4 is 23.1 Å². The maximum atomic E-state index is 12.7. The van der Waals surface area contributed by atoms with E-state index in [4.69, 9.17) is 11.6 Å². The van der Waals surface area contributed by atoms with Crippen LogP contribution in [0.2, 0.25) is 5.02 Å². The average Bonchev–Trinajstić information content (AvgIpc) is 2.69. The van der Waals surface area contributed by atoms with Gasteiger partial charge in [-0.25, -0.2) is 0 Å². The Balaban J connectivity index is 1.81. The van der Waals surface area contributed by atoms with Crippen molar-refractivity contribution in [2.24, 2.45) is 0 Å². The number of ketones is 1. The molecule has 1 N–H and O–H groups in total. The Hall–Kier alpha value is -2.58. The summed E-state index contributed by atoms with van der Waals surface area (Å²) in [5.74, 6) is 0.0909. The lowest BCUT2D eigenvalue weighted by Crippen LogP contribution is -2.15. The van der Waals surface area contributed by atoms with Crippen LogP contribution in [0.25, 0.3) is 0 Å². The molecule has 1 unspecified atom stereocenters. The molecule has 0 amide bonds. The van der Waals surface area contributed by atoms with Crippen molar-refractivity contribution in [3.05, 3.63) is 101 Å². The van der Waals surface area contributed by atoms with Gasteiger partial charge in [0.25, 0.3) is 0 Å². The molecule has 0 saturated carbocycles. The van der Waals surface area contributed by atoms with Crippen LogP contribution in [0.4, 0.5) is 5.69 Å². The lowest BCUT2D eigenvalue weighted by molar-refractivity contribution is 0.0976. The third-order valence-electron chi connectivity index (χ3n) is 4.46. The fourth-order valence-electron chi connectivity index (χ4n) is 2.91. The predicted octanol–water partition coefficient (Wildman–Crippen LogP) is 6.33. The largest absolute Gasteiger partial charge is 0.378 e. The van der Waals surface area contributed by atoms with Gasteiger partial charge in [0.15, 0.2) is 5.78 Å². The first-order valence-electron chi connectivity index (χ1n) is 8.85. The van der Waals surface area contributed by atoms with Crippen LogP contribution in [-0.4, -0.2) is 5.78 Å². The molecule has 0 aliphatic rings. The number of carbonyl (C=O) groups is 1. The fraction of sp³-hybridized carbons (Fsp3) is 0.174. The second kappa shape index (κ2) is 8.68.